The van der Waals surface area contributed by atoms with Gasteiger partial charge < -0.3 is 5.32 Å². The number of benzene rings is 2. The molecule has 0 aliphatic carbocycles. The number of carbonyl (C=O) groups excluding carboxylic acids is 1. The van der Waals surface area contributed by atoms with E-state index in [-0.39, 0.29) is 18.0 Å². The summed E-state index contributed by atoms with van der Waals surface area (Å²) in [6.07, 6.45) is 0.781. The van der Waals surface area contributed by atoms with E-state index in [1.165, 1.54) is 12.1 Å². The Labute approximate surface area is 110 Å². The molecule has 0 heterocycles. The van der Waals surface area contributed by atoms with Gasteiger partial charge in [-0.15, -0.1) is 0 Å². The van der Waals surface area contributed by atoms with Gasteiger partial charge in [0.25, 0.3) is 0 Å². The molecule has 0 saturated heterocycles. The predicted molar refractivity (Wildman–Crippen MR) is 69.8 cm³/mol. The monoisotopic (exact) mass is 261 g/mol. The Morgan fingerprint density at radius 1 is 1.00 bits per heavy atom. The summed E-state index contributed by atoms with van der Waals surface area (Å²) in [5.74, 6) is -2.34. The molecule has 19 heavy (non-hydrogen) atoms. The second kappa shape index (κ2) is 6.09. The van der Waals surface area contributed by atoms with Crippen molar-refractivity contribution in [2.45, 2.75) is 12.8 Å². The van der Waals surface area contributed by atoms with Crippen molar-refractivity contribution in [2.24, 2.45) is 0 Å². The fourth-order valence-corrected chi connectivity index (χ4v) is 1.72. The molecule has 0 radical (unpaired) electrons. The first-order valence-corrected chi connectivity index (χ1v) is 5.94. The van der Waals surface area contributed by atoms with E-state index in [0.29, 0.717) is 6.42 Å². The first kappa shape index (κ1) is 13.2. The number of hydrogen-bond acceptors (Lipinski definition) is 1. The summed E-state index contributed by atoms with van der Waals surface area (Å²) in [4.78, 5) is 11.6. The number of nitrogens with one attached hydrogen (secondary N) is 1. The number of rotatable bonds is 4. The van der Waals surface area contributed by atoms with Crippen molar-refractivity contribution in [3.8, 4) is 0 Å². The second-order valence-electron chi connectivity index (χ2n) is 4.14. The highest BCUT2D eigenvalue weighted by atomic mass is 19.2. The quantitative estimate of drug-likeness (QED) is 0.896. The van der Waals surface area contributed by atoms with Crippen molar-refractivity contribution in [2.75, 3.05) is 5.32 Å². The summed E-state index contributed by atoms with van der Waals surface area (Å²) in [7, 11) is 0. The van der Waals surface area contributed by atoms with Crippen LogP contribution in [0.3, 0.4) is 0 Å². The molecule has 1 amide bonds. The lowest BCUT2D eigenvalue weighted by molar-refractivity contribution is -0.116. The van der Waals surface area contributed by atoms with Gasteiger partial charge in [-0.2, -0.15) is 0 Å². The molecule has 2 rings (SSSR count). The molecule has 0 spiro atoms. The Kier molecular flexibility index (Phi) is 4.23. The molecule has 98 valence electrons. The zero-order valence-electron chi connectivity index (χ0n) is 10.2. The normalized spacial score (nSPS) is 10.2. The average Bonchev–Trinajstić information content (AvgIpc) is 2.43. The molecule has 0 saturated carbocycles. The molecule has 0 fully saturated rings. The van der Waals surface area contributed by atoms with Gasteiger partial charge in [-0.1, -0.05) is 36.4 Å². The van der Waals surface area contributed by atoms with Gasteiger partial charge in [-0.3, -0.25) is 4.79 Å². The van der Waals surface area contributed by atoms with Crippen LogP contribution in [0.1, 0.15) is 12.0 Å². The minimum atomic E-state index is -1.03. The van der Waals surface area contributed by atoms with Crippen LogP contribution in [0.15, 0.2) is 48.5 Å². The molecule has 4 heteroatoms. The van der Waals surface area contributed by atoms with E-state index in [1.807, 2.05) is 30.3 Å². The van der Waals surface area contributed by atoms with Gasteiger partial charge in [-0.25, -0.2) is 8.78 Å². The molecule has 1 N–H and O–H groups in total. The standard InChI is InChI=1S/C15H13F2NO/c16-12-7-4-8-13(15(12)17)18-14(19)10-9-11-5-2-1-3-6-11/h1-8H,9-10H2,(H,18,19). The topological polar surface area (TPSA) is 29.1 Å². The lowest BCUT2D eigenvalue weighted by Crippen LogP contribution is -2.13. The predicted octanol–water partition coefficient (Wildman–Crippen LogP) is 3.54. The number of amides is 1. The summed E-state index contributed by atoms with van der Waals surface area (Å²) >= 11 is 0. The Bertz CT molecular complexity index is 570. The van der Waals surface area contributed by atoms with Crippen LogP contribution in [0.2, 0.25) is 0 Å². The first-order chi connectivity index (χ1) is 9.16. The van der Waals surface area contributed by atoms with E-state index >= 15 is 0 Å². The third-order valence-electron chi connectivity index (χ3n) is 2.71. The van der Waals surface area contributed by atoms with Crippen LogP contribution in [-0.2, 0) is 11.2 Å². The summed E-state index contributed by atoms with van der Waals surface area (Å²) in [6, 6.07) is 13.2. The molecule has 2 nitrogen and oxygen atoms in total. The van der Waals surface area contributed by atoms with Crippen LogP contribution >= 0.6 is 0 Å². The third-order valence-corrected chi connectivity index (χ3v) is 2.71. The summed E-state index contributed by atoms with van der Waals surface area (Å²) < 4.78 is 26.3. The van der Waals surface area contributed by atoms with Crippen LogP contribution in [-0.4, -0.2) is 5.91 Å². The SMILES string of the molecule is O=C(CCc1ccccc1)Nc1cccc(F)c1F. The van der Waals surface area contributed by atoms with Crippen LogP contribution in [0.4, 0.5) is 14.5 Å². The second-order valence-corrected chi connectivity index (χ2v) is 4.14. The van der Waals surface area contributed by atoms with Gasteiger partial charge in [0.1, 0.15) is 0 Å². The first-order valence-electron chi connectivity index (χ1n) is 5.94. The van der Waals surface area contributed by atoms with E-state index in [4.69, 9.17) is 0 Å². The van der Waals surface area contributed by atoms with Crippen LogP contribution in [0, 0.1) is 11.6 Å². The number of carbonyl (C=O) groups is 1. The van der Waals surface area contributed by atoms with Gasteiger partial charge in [0.15, 0.2) is 11.6 Å². The van der Waals surface area contributed by atoms with E-state index < -0.39 is 11.6 Å². The highest BCUT2D eigenvalue weighted by molar-refractivity contribution is 5.90. The lowest BCUT2D eigenvalue weighted by Gasteiger charge is -2.06. The molecule has 0 bridgehead atoms. The average molecular weight is 261 g/mol. The van der Waals surface area contributed by atoms with E-state index in [9.17, 15) is 13.6 Å². The minimum absolute atomic E-state index is 0.127. The largest absolute Gasteiger partial charge is 0.323 e. The number of hydrogen-bond donors (Lipinski definition) is 1. The summed E-state index contributed by atoms with van der Waals surface area (Å²) in [6.45, 7) is 0. The fraction of sp³-hybridized carbons (Fsp3) is 0.133. The van der Waals surface area contributed by atoms with Gasteiger partial charge in [0.05, 0.1) is 5.69 Å². The van der Waals surface area contributed by atoms with E-state index in [0.717, 1.165) is 11.6 Å². The van der Waals surface area contributed by atoms with Crippen molar-refractivity contribution in [3.63, 3.8) is 0 Å². The smallest absolute Gasteiger partial charge is 0.224 e. The van der Waals surface area contributed by atoms with E-state index in [1.54, 1.807) is 0 Å². The van der Waals surface area contributed by atoms with Crippen molar-refractivity contribution in [3.05, 3.63) is 65.7 Å². The Morgan fingerprint density at radius 3 is 2.47 bits per heavy atom. The molecule has 0 unspecified atom stereocenters. The Morgan fingerprint density at radius 2 is 1.74 bits per heavy atom. The molecule has 0 aromatic heterocycles. The Balaban J connectivity index is 1.93. The number of aryl methyl sites for hydroxylation is 1. The lowest BCUT2D eigenvalue weighted by atomic mass is 10.1. The molecule has 2 aromatic carbocycles. The molecular formula is C15H13F2NO. The minimum Gasteiger partial charge on any atom is -0.323 e. The molecule has 0 atom stereocenters. The maximum Gasteiger partial charge on any atom is 0.224 e. The molecule has 0 aliphatic rings. The van der Waals surface area contributed by atoms with Gasteiger partial charge >= 0.3 is 0 Å². The number of halogens is 2. The summed E-state index contributed by atoms with van der Waals surface area (Å²) in [5.41, 5.74) is 0.899. The highest BCUT2D eigenvalue weighted by Crippen LogP contribution is 2.16. The van der Waals surface area contributed by atoms with Crippen LogP contribution in [0.5, 0.6) is 0 Å². The van der Waals surface area contributed by atoms with Crippen molar-refractivity contribution >= 4 is 11.6 Å². The zero-order chi connectivity index (χ0) is 13.7. The molecule has 0 aliphatic heterocycles. The fourth-order valence-electron chi connectivity index (χ4n) is 1.72. The van der Waals surface area contributed by atoms with Crippen molar-refractivity contribution < 1.29 is 13.6 Å². The van der Waals surface area contributed by atoms with Gasteiger partial charge in [0.2, 0.25) is 5.91 Å². The maximum atomic E-state index is 13.3. The molecular weight excluding hydrogens is 248 g/mol. The van der Waals surface area contributed by atoms with Crippen LogP contribution in [0.25, 0.3) is 0 Å². The van der Waals surface area contributed by atoms with E-state index in [2.05, 4.69) is 5.32 Å². The number of anilines is 1. The van der Waals surface area contributed by atoms with Crippen molar-refractivity contribution in [1.29, 1.82) is 0 Å². The van der Waals surface area contributed by atoms with Gasteiger partial charge in [0, 0.05) is 6.42 Å². The molecule has 2 aromatic rings. The van der Waals surface area contributed by atoms with Gasteiger partial charge in [-0.05, 0) is 24.1 Å². The Hall–Kier alpha value is -2.23. The third kappa shape index (κ3) is 3.61. The summed E-state index contributed by atoms with van der Waals surface area (Å²) in [5, 5.41) is 2.37. The highest BCUT2D eigenvalue weighted by Gasteiger charge is 2.10. The maximum absolute atomic E-state index is 13.3. The van der Waals surface area contributed by atoms with Crippen LogP contribution < -0.4 is 5.32 Å². The zero-order valence-corrected chi connectivity index (χ0v) is 10.2. The van der Waals surface area contributed by atoms with Crippen molar-refractivity contribution in [1.82, 2.24) is 0 Å².